The van der Waals surface area contributed by atoms with Gasteiger partial charge < -0.3 is 20.5 Å². The lowest BCUT2D eigenvalue weighted by molar-refractivity contribution is -0.137. The van der Waals surface area contributed by atoms with Crippen molar-refractivity contribution < 1.29 is 23.0 Å². The lowest BCUT2D eigenvalue weighted by Crippen LogP contribution is -2.42. The van der Waals surface area contributed by atoms with Gasteiger partial charge >= 0.3 is 6.18 Å². The first kappa shape index (κ1) is 20.4. The van der Waals surface area contributed by atoms with Crippen molar-refractivity contribution in [2.75, 3.05) is 18.5 Å². The third-order valence-electron chi connectivity index (χ3n) is 5.13. The van der Waals surface area contributed by atoms with Crippen molar-refractivity contribution in [3.8, 4) is 5.75 Å². The Morgan fingerprint density at radius 3 is 2.67 bits per heavy atom. The Hall–Kier alpha value is -2.84. The summed E-state index contributed by atoms with van der Waals surface area (Å²) in [5.74, 6) is 0.419. The number of ether oxygens (including phenoxy) is 1. The third-order valence-corrected chi connectivity index (χ3v) is 5.35. The van der Waals surface area contributed by atoms with Crippen LogP contribution in [0.2, 0.25) is 0 Å². The molecule has 1 heterocycles. The number of anilines is 1. The zero-order chi connectivity index (χ0) is 21.3. The number of halogens is 3. The average molecular weight is 432 g/mol. The summed E-state index contributed by atoms with van der Waals surface area (Å²) in [5.41, 5.74) is 0.339. The molecule has 0 saturated heterocycles. The summed E-state index contributed by atoms with van der Waals surface area (Å²) in [5, 5.41) is 18.0. The molecule has 0 bridgehead atoms. The molecule has 0 saturated carbocycles. The van der Waals surface area contributed by atoms with Gasteiger partial charge in [-0.25, -0.2) is 0 Å². The standard InChI is InChI=1S/C22H19F3N2O2S/c23-22(24,25)15-5-3-6-16(10-15)26-21(30)27-20-14(11-28)12-29-18-9-8-13-4-1-2-7-17(13)19(18)20/h1-10,14,20,28H,11-12H2,(H2,26,27,30)/t14-,20-/m1/s1. The van der Waals surface area contributed by atoms with Crippen LogP contribution < -0.4 is 15.4 Å². The SMILES string of the molecule is OC[C@@H]1COc2ccc3ccccc3c2[C@@H]1NC(=S)Nc1cccc(C(F)(F)F)c1. The average Bonchev–Trinajstić information content (AvgIpc) is 2.73. The minimum absolute atomic E-state index is 0.132. The van der Waals surface area contributed by atoms with Crippen LogP contribution in [0.1, 0.15) is 17.2 Å². The molecule has 0 fully saturated rings. The summed E-state index contributed by atoms with van der Waals surface area (Å²) in [6.07, 6.45) is -4.44. The minimum Gasteiger partial charge on any atom is -0.493 e. The maximum absolute atomic E-state index is 13.0. The Kier molecular flexibility index (Phi) is 5.53. The van der Waals surface area contributed by atoms with Gasteiger partial charge in [0.1, 0.15) is 5.75 Å². The van der Waals surface area contributed by atoms with E-state index in [0.29, 0.717) is 12.4 Å². The number of rotatable bonds is 3. The van der Waals surface area contributed by atoms with E-state index in [4.69, 9.17) is 17.0 Å². The van der Waals surface area contributed by atoms with Gasteiger partial charge in [-0.15, -0.1) is 0 Å². The second-order valence-corrected chi connectivity index (χ2v) is 7.52. The van der Waals surface area contributed by atoms with Crippen molar-refractivity contribution in [1.82, 2.24) is 5.32 Å². The number of alkyl halides is 3. The number of aliphatic hydroxyl groups excluding tert-OH is 1. The highest BCUT2D eigenvalue weighted by Crippen LogP contribution is 2.40. The molecule has 4 rings (SSSR count). The molecule has 3 aromatic carbocycles. The maximum atomic E-state index is 13.0. The van der Waals surface area contributed by atoms with Gasteiger partial charge in [-0.2, -0.15) is 13.2 Å². The first-order chi connectivity index (χ1) is 14.4. The fourth-order valence-electron chi connectivity index (χ4n) is 3.68. The summed E-state index contributed by atoms with van der Waals surface area (Å²) in [6.45, 7) is 0.165. The molecule has 0 unspecified atom stereocenters. The Morgan fingerprint density at radius 1 is 1.10 bits per heavy atom. The Labute approximate surface area is 176 Å². The fourth-order valence-corrected chi connectivity index (χ4v) is 3.93. The second-order valence-electron chi connectivity index (χ2n) is 7.11. The first-order valence-corrected chi connectivity index (χ1v) is 9.77. The molecule has 0 spiro atoms. The van der Waals surface area contributed by atoms with E-state index in [9.17, 15) is 18.3 Å². The molecule has 0 amide bonds. The molecule has 30 heavy (non-hydrogen) atoms. The van der Waals surface area contributed by atoms with E-state index in [1.807, 2.05) is 36.4 Å². The Bertz CT molecular complexity index is 1090. The van der Waals surface area contributed by atoms with Crippen LogP contribution in [-0.4, -0.2) is 23.4 Å². The number of fused-ring (bicyclic) bond motifs is 3. The van der Waals surface area contributed by atoms with Crippen molar-refractivity contribution in [2.24, 2.45) is 5.92 Å². The van der Waals surface area contributed by atoms with Crippen LogP contribution >= 0.6 is 12.2 Å². The normalized spacial score (nSPS) is 18.4. The van der Waals surface area contributed by atoms with E-state index in [2.05, 4.69) is 10.6 Å². The molecular weight excluding hydrogens is 413 g/mol. The Morgan fingerprint density at radius 2 is 1.90 bits per heavy atom. The number of aliphatic hydroxyl groups is 1. The molecule has 1 aliphatic rings. The zero-order valence-electron chi connectivity index (χ0n) is 15.7. The van der Waals surface area contributed by atoms with Gasteiger partial charge in [-0.1, -0.05) is 36.4 Å². The predicted octanol–water partition coefficient (Wildman–Crippen LogP) is 4.89. The summed E-state index contributed by atoms with van der Waals surface area (Å²) in [7, 11) is 0. The van der Waals surface area contributed by atoms with E-state index in [0.717, 1.165) is 28.5 Å². The lowest BCUT2D eigenvalue weighted by Gasteiger charge is -2.35. The quantitative estimate of drug-likeness (QED) is 0.515. The molecule has 1 aliphatic heterocycles. The summed E-state index contributed by atoms with van der Waals surface area (Å²) < 4.78 is 44.7. The molecule has 8 heteroatoms. The summed E-state index contributed by atoms with van der Waals surface area (Å²) in [4.78, 5) is 0. The third kappa shape index (κ3) is 4.06. The van der Waals surface area contributed by atoms with Gasteiger partial charge in [0.15, 0.2) is 5.11 Å². The van der Waals surface area contributed by atoms with E-state index in [1.54, 1.807) is 0 Å². The van der Waals surface area contributed by atoms with Gasteiger partial charge in [0.05, 0.1) is 24.8 Å². The predicted molar refractivity (Wildman–Crippen MR) is 114 cm³/mol. The molecule has 2 atom stereocenters. The molecule has 0 aliphatic carbocycles. The summed E-state index contributed by atoms with van der Waals surface area (Å²) >= 11 is 5.38. The van der Waals surface area contributed by atoms with Crippen molar-refractivity contribution in [1.29, 1.82) is 0 Å². The van der Waals surface area contributed by atoms with E-state index < -0.39 is 11.7 Å². The van der Waals surface area contributed by atoms with Crippen LogP contribution in [0.3, 0.4) is 0 Å². The zero-order valence-corrected chi connectivity index (χ0v) is 16.6. The van der Waals surface area contributed by atoms with Gasteiger partial charge in [0, 0.05) is 17.2 Å². The lowest BCUT2D eigenvalue weighted by atomic mass is 9.87. The molecule has 156 valence electrons. The van der Waals surface area contributed by atoms with Crippen molar-refractivity contribution >= 4 is 33.8 Å². The van der Waals surface area contributed by atoms with Crippen LogP contribution in [0.5, 0.6) is 5.75 Å². The van der Waals surface area contributed by atoms with Crippen molar-refractivity contribution in [2.45, 2.75) is 12.2 Å². The van der Waals surface area contributed by atoms with Crippen LogP contribution in [0.15, 0.2) is 60.7 Å². The molecule has 3 aromatic rings. The van der Waals surface area contributed by atoms with Crippen LogP contribution in [0.25, 0.3) is 10.8 Å². The first-order valence-electron chi connectivity index (χ1n) is 9.37. The van der Waals surface area contributed by atoms with E-state index >= 15 is 0 Å². The highest BCUT2D eigenvalue weighted by molar-refractivity contribution is 7.80. The van der Waals surface area contributed by atoms with Gasteiger partial charge in [0.2, 0.25) is 0 Å². The number of nitrogens with one attached hydrogen (secondary N) is 2. The van der Waals surface area contributed by atoms with Crippen molar-refractivity contribution in [3.63, 3.8) is 0 Å². The molecule has 3 N–H and O–H groups in total. The van der Waals surface area contributed by atoms with Crippen molar-refractivity contribution in [3.05, 3.63) is 71.8 Å². The van der Waals surface area contributed by atoms with E-state index in [1.165, 1.54) is 12.1 Å². The summed E-state index contributed by atoms with van der Waals surface area (Å²) in [6, 6.07) is 16.1. The fraction of sp³-hybridized carbons (Fsp3) is 0.227. The topological polar surface area (TPSA) is 53.5 Å². The molecular formula is C22H19F3N2O2S. The minimum atomic E-state index is -4.44. The molecule has 0 radical (unpaired) electrons. The number of hydrogen-bond donors (Lipinski definition) is 3. The monoisotopic (exact) mass is 432 g/mol. The van der Waals surface area contributed by atoms with Gasteiger partial charge in [0.25, 0.3) is 0 Å². The molecule has 0 aromatic heterocycles. The van der Waals surface area contributed by atoms with Gasteiger partial charge in [-0.3, -0.25) is 0 Å². The number of hydrogen-bond acceptors (Lipinski definition) is 3. The second kappa shape index (κ2) is 8.12. The largest absolute Gasteiger partial charge is 0.493 e. The van der Waals surface area contributed by atoms with E-state index in [-0.39, 0.29) is 29.4 Å². The smallest absolute Gasteiger partial charge is 0.416 e. The van der Waals surface area contributed by atoms with Crippen LogP contribution in [0, 0.1) is 5.92 Å². The molecule has 4 nitrogen and oxygen atoms in total. The van der Waals surface area contributed by atoms with Gasteiger partial charge in [-0.05, 0) is 47.3 Å². The highest BCUT2D eigenvalue weighted by Gasteiger charge is 2.33. The number of benzene rings is 3. The maximum Gasteiger partial charge on any atom is 0.416 e. The highest BCUT2D eigenvalue weighted by atomic mass is 32.1. The van der Waals surface area contributed by atoms with Crippen LogP contribution in [0.4, 0.5) is 18.9 Å². The number of thiocarbonyl (C=S) groups is 1. The van der Waals surface area contributed by atoms with Crippen LogP contribution in [-0.2, 0) is 6.18 Å². The Balaban J connectivity index is 1.62.